The van der Waals surface area contributed by atoms with E-state index < -0.39 is 12.1 Å². The first-order valence-corrected chi connectivity index (χ1v) is 9.13. The lowest BCUT2D eigenvalue weighted by Crippen LogP contribution is -2.34. The predicted molar refractivity (Wildman–Crippen MR) is 101 cm³/mol. The fourth-order valence-corrected chi connectivity index (χ4v) is 4.05. The Kier molecular flexibility index (Phi) is 4.67. The quantitative estimate of drug-likeness (QED) is 0.789. The topological polar surface area (TPSA) is 75.6 Å². The minimum absolute atomic E-state index is 0.0297. The molecule has 138 valence electrons. The zero-order valence-electron chi connectivity index (χ0n) is 14.8. The highest BCUT2D eigenvalue weighted by Gasteiger charge is 2.29. The van der Waals surface area contributed by atoms with Crippen molar-refractivity contribution in [1.29, 1.82) is 0 Å². The lowest BCUT2D eigenvalue weighted by molar-refractivity contribution is -0.137. The van der Waals surface area contributed by atoms with Crippen LogP contribution in [0, 0.1) is 5.92 Å². The molecule has 0 aromatic heterocycles. The Bertz CT molecular complexity index is 859. The number of fused-ring (bicyclic) bond motifs is 3. The Morgan fingerprint density at radius 2 is 1.63 bits per heavy atom. The van der Waals surface area contributed by atoms with E-state index >= 15 is 0 Å². The Hall–Kier alpha value is -3.08. The Balaban J connectivity index is 1.37. The van der Waals surface area contributed by atoms with Gasteiger partial charge in [0.05, 0.1) is 12.5 Å². The summed E-state index contributed by atoms with van der Waals surface area (Å²) in [4.78, 5) is 23.0. The maximum absolute atomic E-state index is 12.2. The molecule has 5 nitrogen and oxygen atoms in total. The van der Waals surface area contributed by atoms with Gasteiger partial charge in [-0.2, -0.15) is 0 Å². The first-order chi connectivity index (χ1) is 13.1. The number of allylic oxidation sites excluding steroid dienone is 1. The average molecular weight is 363 g/mol. The van der Waals surface area contributed by atoms with Gasteiger partial charge in [-0.15, -0.1) is 0 Å². The molecule has 0 saturated carbocycles. The number of carboxylic acid groups (broad SMARTS) is 1. The second-order valence-corrected chi connectivity index (χ2v) is 7.05. The third-order valence-electron chi connectivity index (χ3n) is 5.26. The summed E-state index contributed by atoms with van der Waals surface area (Å²) in [5.74, 6) is -0.838. The predicted octanol–water partition coefficient (Wildman–Crippen LogP) is 3.94. The molecule has 5 heteroatoms. The van der Waals surface area contributed by atoms with E-state index in [9.17, 15) is 9.59 Å². The van der Waals surface area contributed by atoms with Crippen molar-refractivity contribution in [3.8, 4) is 11.1 Å². The molecule has 0 radical (unpaired) electrons. The van der Waals surface area contributed by atoms with Crippen LogP contribution in [0.4, 0.5) is 4.79 Å². The van der Waals surface area contributed by atoms with Crippen LogP contribution in [0.3, 0.4) is 0 Å². The number of ether oxygens (including phenoxy) is 1. The van der Waals surface area contributed by atoms with Gasteiger partial charge in [-0.1, -0.05) is 60.7 Å². The van der Waals surface area contributed by atoms with E-state index in [-0.39, 0.29) is 30.9 Å². The summed E-state index contributed by atoms with van der Waals surface area (Å²) >= 11 is 0. The molecule has 4 rings (SSSR count). The first kappa shape index (κ1) is 17.3. The second kappa shape index (κ2) is 7.27. The average Bonchev–Trinajstić information content (AvgIpc) is 3.21. The Morgan fingerprint density at radius 3 is 2.26 bits per heavy atom. The first-order valence-electron chi connectivity index (χ1n) is 9.13. The van der Waals surface area contributed by atoms with Gasteiger partial charge in [0.25, 0.3) is 0 Å². The van der Waals surface area contributed by atoms with Crippen LogP contribution in [0.2, 0.25) is 0 Å². The lowest BCUT2D eigenvalue weighted by atomic mass is 9.98. The molecule has 27 heavy (non-hydrogen) atoms. The van der Waals surface area contributed by atoms with Crippen LogP contribution in [0.1, 0.15) is 29.9 Å². The van der Waals surface area contributed by atoms with Crippen LogP contribution in [-0.2, 0) is 9.53 Å². The molecule has 0 bridgehead atoms. The van der Waals surface area contributed by atoms with Crippen molar-refractivity contribution in [2.45, 2.75) is 24.8 Å². The van der Waals surface area contributed by atoms with Crippen molar-refractivity contribution < 1.29 is 19.4 Å². The highest BCUT2D eigenvalue weighted by molar-refractivity contribution is 5.79. The molecule has 0 spiro atoms. The molecule has 2 aromatic carbocycles. The van der Waals surface area contributed by atoms with Gasteiger partial charge in [-0.05, 0) is 34.6 Å². The Morgan fingerprint density at radius 1 is 1.00 bits per heavy atom. The van der Waals surface area contributed by atoms with E-state index in [1.807, 2.05) is 36.4 Å². The van der Waals surface area contributed by atoms with Gasteiger partial charge in [0.2, 0.25) is 0 Å². The summed E-state index contributed by atoms with van der Waals surface area (Å²) in [6.07, 6.45) is 3.90. The fraction of sp³-hybridized carbons (Fsp3) is 0.273. The minimum atomic E-state index is -0.827. The third kappa shape index (κ3) is 3.58. The van der Waals surface area contributed by atoms with Crippen molar-refractivity contribution >= 4 is 12.1 Å². The van der Waals surface area contributed by atoms with Crippen molar-refractivity contribution in [2.24, 2.45) is 5.92 Å². The number of carbonyl (C=O) groups is 2. The molecule has 1 amide bonds. The third-order valence-corrected chi connectivity index (χ3v) is 5.26. The molecule has 2 aromatic rings. The molecule has 0 heterocycles. The monoisotopic (exact) mass is 363 g/mol. The van der Waals surface area contributed by atoms with E-state index in [1.54, 1.807) is 0 Å². The van der Waals surface area contributed by atoms with Crippen LogP contribution in [0.15, 0.2) is 60.7 Å². The van der Waals surface area contributed by atoms with Gasteiger partial charge in [0, 0.05) is 5.92 Å². The zero-order chi connectivity index (χ0) is 18.8. The summed E-state index contributed by atoms with van der Waals surface area (Å²) in [5, 5.41) is 11.7. The number of benzene rings is 2. The van der Waals surface area contributed by atoms with Crippen molar-refractivity contribution in [3.63, 3.8) is 0 Å². The minimum Gasteiger partial charge on any atom is -0.481 e. The van der Waals surface area contributed by atoms with E-state index in [2.05, 4.69) is 29.6 Å². The van der Waals surface area contributed by atoms with E-state index in [1.165, 1.54) is 22.3 Å². The number of aliphatic carboxylic acids is 1. The SMILES string of the molecule is O=C(O)C[C@@H]1C=C[C@H](NC(=O)OCC2c3ccccc3-c3ccccc32)C1. The molecular formula is C22H21NO4. The van der Waals surface area contributed by atoms with E-state index in [0.717, 1.165) is 0 Å². The molecule has 0 fully saturated rings. The van der Waals surface area contributed by atoms with Crippen LogP contribution in [-0.4, -0.2) is 29.8 Å². The normalized spacial score (nSPS) is 20.1. The molecule has 0 saturated heterocycles. The zero-order valence-corrected chi connectivity index (χ0v) is 14.8. The van der Waals surface area contributed by atoms with Gasteiger partial charge in [0.15, 0.2) is 0 Å². The molecule has 0 unspecified atom stereocenters. The summed E-state index contributed by atoms with van der Waals surface area (Å²) in [7, 11) is 0. The number of hydrogen-bond acceptors (Lipinski definition) is 3. The number of amides is 1. The number of carboxylic acids is 1. The number of hydrogen-bond donors (Lipinski definition) is 2. The molecule has 2 N–H and O–H groups in total. The number of carbonyl (C=O) groups excluding carboxylic acids is 1. The fourth-order valence-electron chi connectivity index (χ4n) is 4.05. The molecule has 0 aliphatic heterocycles. The number of nitrogens with one attached hydrogen (secondary N) is 1. The number of alkyl carbamates (subject to hydrolysis) is 1. The standard InChI is InChI=1S/C22H21NO4/c24-21(25)12-14-9-10-15(11-14)23-22(26)27-13-20-18-7-3-1-5-16(18)17-6-2-4-8-19(17)20/h1-10,14-15,20H,11-13H2,(H,23,26)(H,24,25)/t14-,15+/m1/s1. The van der Waals surface area contributed by atoms with Crippen molar-refractivity contribution in [3.05, 3.63) is 71.8 Å². The summed E-state index contributed by atoms with van der Waals surface area (Å²) < 4.78 is 5.52. The smallest absolute Gasteiger partial charge is 0.407 e. The summed E-state index contributed by atoms with van der Waals surface area (Å²) in [6.45, 7) is 0.273. The maximum Gasteiger partial charge on any atom is 0.407 e. The van der Waals surface area contributed by atoms with Gasteiger partial charge in [-0.25, -0.2) is 4.79 Å². The lowest BCUT2D eigenvalue weighted by Gasteiger charge is -2.17. The summed E-state index contributed by atoms with van der Waals surface area (Å²) in [6, 6.07) is 16.2. The van der Waals surface area contributed by atoms with Crippen molar-refractivity contribution in [1.82, 2.24) is 5.32 Å². The molecule has 2 aliphatic carbocycles. The van der Waals surface area contributed by atoms with E-state index in [0.29, 0.717) is 6.42 Å². The highest BCUT2D eigenvalue weighted by atomic mass is 16.5. The molecular weight excluding hydrogens is 342 g/mol. The molecule has 2 aliphatic rings. The summed E-state index contributed by atoms with van der Waals surface area (Å²) in [5.41, 5.74) is 4.73. The van der Waals surface area contributed by atoms with Gasteiger partial charge >= 0.3 is 12.1 Å². The van der Waals surface area contributed by atoms with Gasteiger partial charge in [0.1, 0.15) is 6.61 Å². The Labute approximate surface area is 157 Å². The van der Waals surface area contributed by atoms with Crippen LogP contribution < -0.4 is 5.32 Å². The van der Waals surface area contributed by atoms with Crippen LogP contribution in [0.25, 0.3) is 11.1 Å². The second-order valence-electron chi connectivity index (χ2n) is 7.05. The molecule has 2 atom stereocenters. The van der Waals surface area contributed by atoms with E-state index in [4.69, 9.17) is 9.84 Å². The van der Waals surface area contributed by atoms with Gasteiger partial charge in [-0.3, -0.25) is 4.79 Å². The van der Waals surface area contributed by atoms with Crippen LogP contribution in [0.5, 0.6) is 0 Å². The van der Waals surface area contributed by atoms with Gasteiger partial charge < -0.3 is 15.2 Å². The maximum atomic E-state index is 12.2. The largest absolute Gasteiger partial charge is 0.481 e. The van der Waals surface area contributed by atoms with Crippen LogP contribution >= 0.6 is 0 Å². The highest BCUT2D eigenvalue weighted by Crippen LogP contribution is 2.44. The number of rotatable bonds is 5. The van der Waals surface area contributed by atoms with Crippen molar-refractivity contribution in [2.75, 3.05) is 6.61 Å².